The van der Waals surface area contributed by atoms with Gasteiger partial charge in [-0.1, -0.05) is 29.3 Å². The lowest BCUT2D eigenvalue weighted by Gasteiger charge is -2.14. The second-order valence-corrected chi connectivity index (χ2v) is 6.94. The minimum Gasteiger partial charge on any atom is -0.387 e. The van der Waals surface area contributed by atoms with Gasteiger partial charge in [0, 0.05) is 40.0 Å². The van der Waals surface area contributed by atoms with E-state index in [0.717, 1.165) is 5.69 Å². The maximum atomic E-state index is 10.2. The Kier molecular flexibility index (Phi) is 4.82. The van der Waals surface area contributed by atoms with Crippen LogP contribution in [0.4, 0.5) is 0 Å². The number of thiazole rings is 1. The lowest BCUT2D eigenvalue weighted by molar-refractivity contribution is 0.174. The molecule has 0 radical (unpaired) electrons. The van der Waals surface area contributed by atoms with Crippen molar-refractivity contribution >= 4 is 34.5 Å². The number of nitrogens with one attached hydrogen (secondary N) is 1. The van der Waals surface area contributed by atoms with Gasteiger partial charge >= 0.3 is 0 Å². The molecular weight excluding hydrogens is 327 g/mol. The maximum Gasteiger partial charge on any atom is 0.0959 e. The van der Waals surface area contributed by atoms with Crippen LogP contribution in [0.2, 0.25) is 10.0 Å². The monoisotopic (exact) mass is 342 g/mol. The van der Waals surface area contributed by atoms with Crippen LogP contribution in [-0.2, 0) is 6.54 Å². The summed E-state index contributed by atoms with van der Waals surface area (Å²) < 4.78 is 0. The van der Waals surface area contributed by atoms with Crippen molar-refractivity contribution in [2.75, 3.05) is 6.54 Å². The standard InChI is InChI=1S/C15H16Cl2N2OS/c16-11-2-1-3-12(17)14(11)13(20)7-18-6-10-8-21-15(19-10)9-4-5-9/h1-3,8-9,13,18,20H,4-7H2. The molecule has 0 aliphatic heterocycles. The van der Waals surface area contributed by atoms with E-state index in [-0.39, 0.29) is 0 Å². The summed E-state index contributed by atoms with van der Waals surface area (Å²) in [5.41, 5.74) is 1.60. The van der Waals surface area contributed by atoms with Crippen LogP contribution >= 0.6 is 34.5 Å². The predicted molar refractivity (Wildman–Crippen MR) is 87.2 cm³/mol. The van der Waals surface area contributed by atoms with Gasteiger partial charge in [-0.05, 0) is 25.0 Å². The van der Waals surface area contributed by atoms with Gasteiger partial charge in [0.05, 0.1) is 16.8 Å². The summed E-state index contributed by atoms with van der Waals surface area (Å²) in [6.45, 7) is 1.03. The van der Waals surface area contributed by atoms with Gasteiger partial charge in [0.25, 0.3) is 0 Å². The molecule has 2 N–H and O–H groups in total. The van der Waals surface area contributed by atoms with Crippen LogP contribution in [0.15, 0.2) is 23.6 Å². The van der Waals surface area contributed by atoms with E-state index in [2.05, 4.69) is 15.7 Å². The minimum atomic E-state index is -0.729. The third kappa shape index (κ3) is 3.76. The smallest absolute Gasteiger partial charge is 0.0959 e. The molecule has 0 saturated heterocycles. The van der Waals surface area contributed by atoms with Gasteiger partial charge in [0.1, 0.15) is 0 Å². The lowest BCUT2D eigenvalue weighted by atomic mass is 10.1. The topological polar surface area (TPSA) is 45.1 Å². The quantitative estimate of drug-likeness (QED) is 0.828. The first-order chi connectivity index (χ1) is 10.1. The molecule has 0 bridgehead atoms. The molecular formula is C15H16Cl2N2OS. The van der Waals surface area contributed by atoms with Gasteiger partial charge in [-0.15, -0.1) is 11.3 Å². The van der Waals surface area contributed by atoms with Gasteiger partial charge < -0.3 is 10.4 Å². The summed E-state index contributed by atoms with van der Waals surface area (Å²) in [5, 5.41) is 17.7. The number of hydrogen-bond acceptors (Lipinski definition) is 4. The van der Waals surface area contributed by atoms with Crippen molar-refractivity contribution in [2.45, 2.75) is 31.4 Å². The molecule has 0 amide bonds. The third-order valence-electron chi connectivity index (χ3n) is 3.47. The number of aliphatic hydroxyl groups excluding tert-OH is 1. The number of aromatic nitrogens is 1. The van der Waals surface area contributed by atoms with Gasteiger partial charge in [0.15, 0.2) is 0 Å². The molecule has 1 saturated carbocycles. The van der Waals surface area contributed by atoms with Crippen molar-refractivity contribution in [2.24, 2.45) is 0 Å². The Hall–Kier alpha value is -0.650. The van der Waals surface area contributed by atoms with Crippen LogP contribution in [0.1, 0.15) is 41.1 Å². The molecule has 3 rings (SSSR count). The highest BCUT2D eigenvalue weighted by Gasteiger charge is 2.26. The molecule has 1 fully saturated rings. The average molecular weight is 343 g/mol. The molecule has 1 unspecified atom stereocenters. The molecule has 1 aliphatic carbocycles. The van der Waals surface area contributed by atoms with Crippen LogP contribution in [0.3, 0.4) is 0 Å². The summed E-state index contributed by atoms with van der Waals surface area (Å²) in [4.78, 5) is 4.60. The van der Waals surface area contributed by atoms with E-state index in [4.69, 9.17) is 23.2 Å². The Bertz CT molecular complexity index is 608. The third-order valence-corrected chi connectivity index (χ3v) is 5.19. The summed E-state index contributed by atoms with van der Waals surface area (Å²) in [6.07, 6.45) is 1.81. The molecule has 1 atom stereocenters. The first-order valence-electron chi connectivity index (χ1n) is 6.92. The number of halogens is 2. The summed E-state index contributed by atoms with van der Waals surface area (Å²) in [7, 11) is 0. The average Bonchev–Trinajstić information content (AvgIpc) is 3.19. The van der Waals surface area contributed by atoms with Crippen LogP contribution in [-0.4, -0.2) is 16.6 Å². The number of benzene rings is 1. The zero-order chi connectivity index (χ0) is 14.8. The first-order valence-corrected chi connectivity index (χ1v) is 8.55. The maximum absolute atomic E-state index is 10.2. The molecule has 2 aromatic rings. The van der Waals surface area contributed by atoms with Gasteiger partial charge in [0.2, 0.25) is 0 Å². The van der Waals surface area contributed by atoms with Crippen molar-refractivity contribution in [3.8, 4) is 0 Å². The number of nitrogens with zero attached hydrogens (tertiary/aromatic N) is 1. The molecule has 21 heavy (non-hydrogen) atoms. The fourth-order valence-electron chi connectivity index (χ4n) is 2.19. The summed E-state index contributed by atoms with van der Waals surface area (Å²) in [6, 6.07) is 5.23. The predicted octanol–water partition coefficient (Wildman–Crippen LogP) is 4.15. The largest absolute Gasteiger partial charge is 0.387 e. The molecule has 1 heterocycles. The SMILES string of the molecule is OC(CNCc1csc(C2CC2)n1)c1c(Cl)cccc1Cl. The van der Waals surface area contributed by atoms with Crippen molar-refractivity contribution in [1.29, 1.82) is 0 Å². The molecule has 1 aromatic heterocycles. The van der Waals surface area contributed by atoms with E-state index in [1.807, 2.05) is 0 Å². The van der Waals surface area contributed by atoms with E-state index in [9.17, 15) is 5.11 Å². The number of aliphatic hydroxyl groups is 1. The lowest BCUT2D eigenvalue weighted by Crippen LogP contribution is -2.21. The highest BCUT2D eigenvalue weighted by atomic mass is 35.5. The molecule has 6 heteroatoms. The van der Waals surface area contributed by atoms with Gasteiger partial charge in [-0.2, -0.15) is 0 Å². The zero-order valence-corrected chi connectivity index (χ0v) is 13.7. The van der Waals surface area contributed by atoms with Crippen molar-refractivity contribution in [1.82, 2.24) is 10.3 Å². The number of rotatable bonds is 6. The van der Waals surface area contributed by atoms with E-state index < -0.39 is 6.10 Å². The number of hydrogen-bond donors (Lipinski definition) is 2. The van der Waals surface area contributed by atoms with Crippen LogP contribution in [0, 0.1) is 0 Å². The fourth-order valence-corrected chi connectivity index (χ4v) is 3.83. The Morgan fingerprint density at radius 2 is 2.05 bits per heavy atom. The highest BCUT2D eigenvalue weighted by Crippen LogP contribution is 2.41. The van der Waals surface area contributed by atoms with Crippen molar-refractivity contribution < 1.29 is 5.11 Å². The Morgan fingerprint density at radius 1 is 1.33 bits per heavy atom. The fraction of sp³-hybridized carbons (Fsp3) is 0.400. The molecule has 0 spiro atoms. The van der Waals surface area contributed by atoms with Crippen LogP contribution in [0.25, 0.3) is 0 Å². The Labute approximate surface area is 137 Å². The van der Waals surface area contributed by atoms with Crippen molar-refractivity contribution in [3.05, 3.63) is 49.9 Å². The second kappa shape index (κ2) is 6.63. The molecule has 3 nitrogen and oxygen atoms in total. The molecule has 1 aromatic carbocycles. The minimum absolute atomic E-state index is 0.389. The molecule has 1 aliphatic rings. The van der Waals surface area contributed by atoms with Crippen molar-refractivity contribution in [3.63, 3.8) is 0 Å². The van der Waals surface area contributed by atoms with Crippen LogP contribution < -0.4 is 5.32 Å². The Morgan fingerprint density at radius 3 is 2.71 bits per heavy atom. The highest BCUT2D eigenvalue weighted by molar-refractivity contribution is 7.09. The normalized spacial score (nSPS) is 16.1. The van der Waals surface area contributed by atoms with Crippen LogP contribution in [0.5, 0.6) is 0 Å². The summed E-state index contributed by atoms with van der Waals surface area (Å²) in [5.74, 6) is 0.691. The molecule has 112 valence electrons. The van der Waals surface area contributed by atoms with E-state index in [1.54, 1.807) is 29.5 Å². The van der Waals surface area contributed by atoms with E-state index >= 15 is 0 Å². The van der Waals surface area contributed by atoms with Gasteiger partial charge in [-0.3, -0.25) is 0 Å². The summed E-state index contributed by atoms with van der Waals surface area (Å²) >= 11 is 13.9. The second-order valence-electron chi connectivity index (χ2n) is 5.23. The van der Waals surface area contributed by atoms with E-state index in [1.165, 1.54) is 17.8 Å². The first kappa shape index (κ1) is 15.3. The Balaban J connectivity index is 1.54. The van der Waals surface area contributed by atoms with E-state index in [0.29, 0.717) is 34.6 Å². The van der Waals surface area contributed by atoms with Gasteiger partial charge in [-0.25, -0.2) is 4.98 Å². The zero-order valence-electron chi connectivity index (χ0n) is 11.4.